The van der Waals surface area contributed by atoms with Gasteiger partial charge in [0.05, 0.1) is 18.4 Å². The number of carboxylic acids is 1. The van der Waals surface area contributed by atoms with Gasteiger partial charge < -0.3 is 9.84 Å². The van der Waals surface area contributed by atoms with E-state index in [1.807, 2.05) is 33.2 Å². The smallest absolute Gasteiger partial charge is 0.335 e. The SMILES string of the molecule is COc1c(C)cnc(CN(C)Cc2cccc(C(=O)O)c2)c1C. The van der Waals surface area contributed by atoms with Crippen molar-refractivity contribution < 1.29 is 14.6 Å². The summed E-state index contributed by atoms with van der Waals surface area (Å²) in [5.41, 5.74) is 4.29. The molecule has 0 radical (unpaired) electrons. The van der Waals surface area contributed by atoms with Gasteiger partial charge >= 0.3 is 5.97 Å². The Kier molecular flexibility index (Phi) is 5.34. The van der Waals surface area contributed by atoms with E-state index in [1.54, 1.807) is 25.3 Å². The predicted molar refractivity (Wildman–Crippen MR) is 88.8 cm³/mol. The highest BCUT2D eigenvalue weighted by Gasteiger charge is 2.12. The number of pyridine rings is 1. The van der Waals surface area contributed by atoms with E-state index >= 15 is 0 Å². The van der Waals surface area contributed by atoms with Crippen LogP contribution < -0.4 is 4.74 Å². The first-order valence-electron chi connectivity index (χ1n) is 7.42. The molecule has 0 saturated carbocycles. The predicted octanol–water partition coefficient (Wildman–Crippen LogP) is 3.04. The van der Waals surface area contributed by atoms with Gasteiger partial charge in [0.1, 0.15) is 5.75 Å². The summed E-state index contributed by atoms with van der Waals surface area (Å²) in [6.45, 7) is 5.30. The molecule has 0 atom stereocenters. The molecule has 1 N–H and O–H groups in total. The van der Waals surface area contributed by atoms with Crippen LogP contribution >= 0.6 is 0 Å². The zero-order valence-corrected chi connectivity index (χ0v) is 14.0. The van der Waals surface area contributed by atoms with Crippen LogP contribution in [0.1, 0.15) is 32.7 Å². The lowest BCUT2D eigenvalue weighted by molar-refractivity contribution is 0.0696. The lowest BCUT2D eigenvalue weighted by Crippen LogP contribution is -2.19. The summed E-state index contributed by atoms with van der Waals surface area (Å²) < 4.78 is 5.43. The summed E-state index contributed by atoms with van der Waals surface area (Å²) in [5.74, 6) is -0.0356. The normalized spacial score (nSPS) is 10.8. The van der Waals surface area contributed by atoms with Crippen LogP contribution in [0.3, 0.4) is 0 Å². The topological polar surface area (TPSA) is 62.7 Å². The zero-order chi connectivity index (χ0) is 17.0. The Morgan fingerprint density at radius 3 is 2.70 bits per heavy atom. The molecule has 2 aromatic rings. The molecule has 0 fully saturated rings. The van der Waals surface area contributed by atoms with E-state index in [2.05, 4.69) is 9.88 Å². The number of benzene rings is 1. The van der Waals surface area contributed by atoms with Gasteiger partial charge in [-0.2, -0.15) is 0 Å². The van der Waals surface area contributed by atoms with Gasteiger partial charge in [-0.15, -0.1) is 0 Å². The third-order valence-corrected chi connectivity index (χ3v) is 3.80. The first kappa shape index (κ1) is 17.0. The van der Waals surface area contributed by atoms with Gasteiger partial charge in [0, 0.05) is 30.4 Å². The van der Waals surface area contributed by atoms with Crippen LogP contribution in [0.2, 0.25) is 0 Å². The van der Waals surface area contributed by atoms with Crippen molar-refractivity contribution in [3.05, 3.63) is 58.4 Å². The molecule has 2 rings (SSSR count). The maximum absolute atomic E-state index is 11.0. The molecule has 5 nitrogen and oxygen atoms in total. The number of rotatable bonds is 6. The Morgan fingerprint density at radius 1 is 1.30 bits per heavy atom. The fraction of sp³-hybridized carbons (Fsp3) is 0.333. The van der Waals surface area contributed by atoms with Crippen molar-refractivity contribution in [3.63, 3.8) is 0 Å². The second kappa shape index (κ2) is 7.24. The summed E-state index contributed by atoms with van der Waals surface area (Å²) in [5, 5.41) is 9.06. The van der Waals surface area contributed by atoms with Crippen LogP contribution in [0.25, 0.3) is 0 Å². The van der Waals surface area contributed by atoms with Gasteiger partial charge in [-0.1, -0.05) is 12.1 Å². The van der Waals surface area contributed by atoms with E-state index in [1.165, 1.54) is 0 Å². The molecule has 1 heterocycles. The summed E-state index contributed by atoms with van der Waals surface area (Å²) in [6.07, 6.45) is 1.82. The second-order valence-electron chi connectivity index (χ2n) is 5.72. The average Bonchev–Trinajstić information content (AvgIpc) is 2.51. The standard InChI is InChI=1S/C18H22N2O3/c1-12-9-19-16(13(2)17(12)23-4)11-20(3)10-14-6-5-7-15(8-14)18(21)22/h5-9H,10-11H2,1-4H3,(H,21,22). The van der Waals surface area contributed by atoms with Gasteiger partial charge in [-0.3, -0.25) is 9.88 Å². The molecule has 1 aromatic heterocycles. The minimum atomic E-state index is -0.907. The lowest BCUT2D eigenvalue weighted by atomic mass is 10.1. The summed E-state index contributed by atoms with van der Waals surface area (Å²) >= 11 is 0. The second-order valence-corrected chi connectivity index (χ2v) is 5.72. The number of aryl methyl sites for hydroxylation is 1. The van der Waals surface area contributed by atoms with Gasteiger partial charge in [0.2, 0.25) is 0 Å². The largest absolute Gasteiger partial charge is 0.496 e. The molecule has 0 saturated heterocycles. The van der Waals surface area contributed by atoms with Crippen LogP contribution in [-0.2, 0) is 13.1 Å². The molecule has 23 heavy (non-hydrogen) atoms. The third kappa shape index (κ3) is 4.07. The van der Waals surface area contributed by atoms with E-state index in [0.29, 0.717) is 18.7 Å². The zero-order valence-electron chi connectivity index (χ0n) is 14.0. The maximum atomic E-state index is 11.0. The first-order valence-corrected chi connectivity index (χ1v) is 7.42. The summed E-state index contributed by atoms with van der Waals surface area (Å²) in [4.78, 5) is 17.6. The number of hydrogen-bond acceptors (Lipinski definition) is 4. The number of hydrogen-bond donors (Lipinski definition) is 1. The molecule has 0 unspecified atom stereocenters. The van der Waals surface area contributed by atoms with Crippen molar-refractivity contribution in [2.75, 3.05) is 14.2 Å². The van der Waals surface area contributed by atoms with Crippen molar-refractivity contribution in [2.24, 2.45) is 0 Å². The molecule has 122 valence electrons. The molecule has 0 aliphatic rings. The number of nitrogens with zero attached hydrogens (tertiary/aromatic N) is 2. The Balaban J connectivity index is 2.12. The minimum absolute atomic E-state index is 0.308. The Labute approximate surface area is 136 Å². The van der Waals surface area contributed by atoms with Crippen molar-refractivity contribution in [1.82, 2.24) is 9.88 Å². The van der Waals surface area contributed by atoms with E-state index in [9.17, 15) is 4.79 Å². The summed E-state index contributed by atoms with van der Waals surface area (Å²) in [6, 6.07) is 7.00. The molecular weight excluding hydrogens is 292 g/mol. The van der Waals surface area contributed by atoms with Crippen LogP contribution in [-0.4, -0.2) is 35.1 Å². The number of aromatic carboxylic acids is 1. The van der Waals surface area contributed by atoms with Crippen LogP contribution in [0, 0.1) is 13.8 Å². The van der Waals surface area contributed by atoms with Gasteiger partial charge in [0.15, 0.2) is 0 Å². The number of carbonyl (C=O) groups is 1. The summed E-state index contributed by atoms with van der Waals surface area (Å²) in [7, 11) is 3.65. The highest BCUT2D eigenvalue weighted by molar-refractivity contribution is 5.87. The van der Waals surface area contributed by atoms with Crippen molar-refractivity contribution in [2.45, 2.75) is 26.9 Å². The van der Waals surface area contributed by atoms with E-state index in [4.69, 9.17) is 9.84 Å². The van der Waals surface area contributed by atoms with Crippen molar-refractivity contribution in [1.29, 1.82) is 0 Å². The monoisotopic (exact) mass is 314 g/mol. The molecule has 0 amide bonds. The van der Waals surface area contributed by atoms with Gasteiger partial charge in [-0.25, -0.2) is 4.79 Å². The Bertz CT molecular complexity index is 713. The third-order valence-electron chi connectivity index (χ3n) is 3.80. The minimum Gasteiger partial charge on any atom is -0.496 e. The average molecular weight is 314 g/mol. The molecule has 5 heteroatoms. The molecule has 1 aromatic carbocycles. The number of aromatic nitrogens is 1. The molecule has 0 aliphatic carbocycles. The Hall–Kier alpha value is -2.40. The van der Waals surface area contributed by atoms with Gasteiger partial charge in [-0.05, 0) is 38.6 Å². The number of methoxy groups -OCH3 is 1. The highest BCUT2D eigenvalue weighted by Crippen LogP contribution is 2.24. The van der Waals surface area contributed by atoms with Crippen LogP contribution in [0.4, 0.5) is 0 Å². The van der Waals surface area contributed by atoms with Gasteiger partial charge in [0.25, 0.3) is 0 Å². The maximum Gasteiger partial charge on any atom is 0.335 e. The van der Waals surface area contributed by atoms with Crippen LogP contribution in [0.15, 0.2) is 30.5 Å². The van der Waals surface area contributed by atoms with Crippen LogP contribution in [0.5, 0.6) is 5.75 Å². The fourth-order valence-electron chi connectivity index (χ4n) is 2.66. The molecule has 0 aliphatic heterocycles. The number of carboxylic acid groups (broad SMARTS) is 1. The quantitative estimate of drug-likeness (QED) is 0.888. The lowest BCUT2D eigenvalue weighted by Gasteiger charge is -2.19. The van der Waals surface area contributed by atoms with Crippen molar-refractivity contribution in [3.8, 4) is 5.75 Å². The van der Waals surface area contributed by atoms with E-state index < -0.39 is 5.97 Å². The molecule has 0 bridgehead atoms. The number of ether oxygens (including phenoxy) is 1. The van der Waals surface area contributed by atoms with E-state index in [0.717, 1.165) is 28.1 Å². The highest BCUT2D eigenvalue weighted by atomic mass is 16.5. The van der Waals surface area contributed by atoms with E-state index in [-0.39, 0.29) is 0 Å². The first-order chi connectivity index (χ1) is 10.9. The fourth-order valence-corrected chi connectivity index (χ4v) is 2.66. The molecular formula is C18H22N2O3. The van der Waals surface area contributed by atoms with Crippen molar-refractivity contribution >= 4 is 5.97 Å². The Morgan fingerprint density at radius 2 is 2.04 bits per heavy atom. The molecule has 0 spiro atoms.